The van der Waals surface area contributed by atoms with Crippen molar-refractivity contribution in [3.8, 4) is 5.75 Å². The number of phenolic OH excluding ortho intramolecular Hbond substituents is 1. The van der Waals surface area contributed by atoms with Crippen LogP contribution in [-0.4, -0.2) is 41.3 Å². The van der Waals surface area contributed by atoms with E-state index in [-0.39, 0.29) is 0 Å². The summed E-state index contributed by atoms with van der Waals surface area (Å²) in [7, 11) is 2.12. The Morgan fingerprint density at radius 1 is 1.16 bits per heavy atom. The second-order valence-electron chi connectivity index (χ2n) is 6.60. The topological polar surface area (TPSA) is 47.5 Å². The maximum Gasteiger partial charge on any atom is 0.166 e. The molecule has 3 rings (SSSR count). The van der Waals surface area contributed by atoms with E-state index < -0.39 is 0 Å². The lowest BCUT2D eigenvalue weighted by Gasteiger charge is -2.34. The smallest absolute Gasteiger partial charge is 0.166 e. The summed E-state index contributed by atoms with van der Waals surface area (Å²) in [5.41, 5.74) is 3.83. The van der Waals surface area contributed by atoms with Crippen LogP contribution in [-0.2, 0) is 19.4 Å². The molecule has 1 heterocycles. The van der Waals surface area contributed by atoms with E-state index >= 15 is 0 Å². The second-order valence-corrected chi connectivity index (χ2v) is 7.01. The Hall–Kier alpha value is -2.11. The Kier molecular flexibility index (Phi) is 5.89. The maximum absolute atomic E-state index is 9.63. The maximum atomic E-state index is 9.63. The molecular weight excluding hydrogens is 330 g/mol. The van der Waals surface area contributed by atoms with Gasteiger partial charge in [-0.25, -0.2) is 0 Å². The molecule has 0 bridgehead atoms. The number of hydrogen-bond acceptors (Lipinski definition) is 3. The Bertz CT molecular complexity index is 720. The van der Waals surface area contributed by atoms with E-state index in [4.69, 9.17) is 12.2 Å². The normalized spacial score (nSPS) is 16.9. The molecule has 0 radical (unpaired) electrons. The molecule has 1 aliphatic rings. The highest BCUT2D eigenvalue weighted by Gasteiger charge is 2.23. The Balaban J connectivity index is 1.43. The molecule has 0 saturated heterocycles. The molecule has 1 aliphatic heterocycles. The van der Waals surface area contributed by atoms with Crippen molar-refractivity contribution >= 4 is 17.3 Å². The van der Waals surface area contributed by atoms with Gasteiger partial charge in [0.15, 0.2) is 5.11 Å². The summed E-state index contributed by atoms with van der Waals surface area (Å²) in [6.07, 6.45) is 1.93. The standard InChI is InChI=1S/C20H25N3OS/c1-23-14-17-12-19(24)8-7-16(17)11-18(23)13-22-20(25)21-10-9-15-5-3-2-4-6-15/h2-8,12,18,24H,9-11,13-14H2,1H3,(H2,21,22,25). The highest BCUT2D eigenvalue weighted by atomic mass is 32.1. The van der Waals surface area contributed by atoms with Crippen LogP contribution in [0.25, 0.3) is 0 Å². The van der Waals surface area contributed by atoms with E-state index in [1.165, 1.54) is 16.7 Å². The molecule has 0 amide bonds. The number of nitrogens with one attached hydrogen (secondary N) is 2. The highest BCUT2D eigenvalue weighted by Crippen LogP contribution is 2.25. The van der Waals surface area contributed by atoms with Crippen LogP contribution >= 0.6 is 12.2 Å². The van der Waals surface area contributed by atoms with E-state index in [9.17, 15) is 5.11 Å². The van der Waals surface area contributed by atoms with E-state index in [2.05, 4.69) is 46.8 Å². The largest absolute Gasteiger partial charge is 0.508 e. The lowest BCUT2D eigenvalue weighted by atomic mass is 9.94. The summed E-state index contributed by atoms with van der Waals surface area (Å²) in [6.45, 7) is 2.50. The van der Waals surface area contributed by atoms with Crippen LogP contribution in [0.4, 0.5) is 0 Å². The van der Waals surface area contributed by atoms with Gasteiger partial charge in [0.25, 0.3) is 0 Å². The number of hydrogen-bond donors (Lipinski definition) is 3. The zero-order chi connectivity index (χ0) is 17.6. The molecule has 0 fully saturated rings. The second kappa shape index (κ2) is 8.32. The van der Waals surface area contributed by atoms with Crippen molar-refractivity contribution in [1.29, 1.82) is 0 Å². The molecule has 2 aromatic rings. The van der Waals surface area contributed by atoms with Gasteiger partial charge in [-0.15, -0.1) is 0 Å². The first-order valence-corrected chi connectivity index (χ1v) is 9.09. The number of likely N-dealkylation sites (N-methyl/N-ethyl adjacent to an activating group) is 1. The van der Waals surface area contributed by atoms with E-state index in [1.807, 2.05) is 18.2 Å². The molecule has 0 spiro atoms. The van der Waals surface area contributed by atoms with Crippen molar-refractivity contribution < 1.29 is 5.11 Å². The number of rotatable bonds is 5. The van der Waals surface area contributed by atoms with Gasteiger partial charge in [0.1, 0.15) is 5.75 Å². The zero-order valence-electron chi connectivity index (χ0n) is 14.5. The third-order valence-corrected chi connectivity index (χ3v) is 5.02. The van der Waals surface area contributed by atoms with Gasteiger partial charge in [-0.05, 0) is 60.9 Å². The fourth-order valence-corrected chi connectivity index (χ4v) is 3.42. The molecule has 4 nitrogen and oxygen atoms in total. The lowest BCUT2D eigenvalue weighted by molar-refractivity contribution is 0.215. The number of nitrogens with zero attached hydrogens (tertiary/aromatic N) is 1. The third-order valence-electron chi connectivity index (χ3n) is 4.73. The Morgan fingerprint density at radius 3 is 2.76 bits per heavy atom. The fourth-order valence-electron chi connectivity index (χ4n) is 3.23. The minimum Gasteiger partial charge on any atom is -0.508 e. The van der Waals surface area contributed by atoms with Gasteiger partial charge in [0, 0.05) is 25.7 Å². The van der Waals surface area contributed by atoms with Gasteiger partial charge in [0.2, 0.25) is 0 Å². The monoisotopic (exact) mass is 355 g/mol. The number of fused-ring (bicyclic) bond motifs is 1. The van der Waals surface area contributed by atoms with Crippen molar-refractivity contribution in [3.05, 3.63) is 65.2 Å². The average molecular weight is 356 g/mol. The molecule has 132 valence electrons. The van der Waals surface area contributed by atoms with Crippen molar-refractivity contribution in [2.75, 3.05) is 20.1 Å². The van der Waals surface area contributed by atoms with Gasteiger partial charge in [-0.3, -0.25) is 4.90 Å². The molecule has 1 atom stereocenters. The SMILES string of the molecule is CN1Cc2cc(O)ccc2CC1CNC(=S)NCCc1ccccc1. The van der Waals surface area contributed by atoms with Crippen LogP contribution in [0, 0.1) is 0 Å². The molecular formula is C20H25N3OS. The first-order chi connectivity index (χ1) is 12.1. The lowest BCUT2D eigenvalue weighted by Crippen LogP contribution is -2.47. The fraction of sp³-hybridized carbons (Fsp3) is 0.350. The minimum atomic E-state index is 0.340. The molecule has 0 aliphatic carbocycles. The van der Waals surface area contributed by atoms with Gasteiger partial charge >= 0.3 is 0 Å². The summed E-state index contributed by atoms with van der Waals surface area (Å²) in [5.74, 6) is 0.340. The zero-order valence-corrected chi connectivity index (χ0v) is 15.4. The summed E-state index contributed by atoms with van der Waals surface area (Å²) in [6, 6.07) is 16.5. The van der Waals surface area contributed by atoms with Crippen molar-refractivity contribution in [2.24, 2.45) is 0 Å². The number of benzene rings is 2. The predicted molar refractivity (Wildman–Crippen MR) is 106 cm³/mol. The van der Waals surface area contributed by atoms with E-state index in [1.54, 1.807) is 6.07 Å². The van der Waals surface area contributed by atoms with Crippen LogP contribution in [0.2, 0.25) is 0 Å². The Morgan fingerprint density at radius 2 is 1.96 bits per heavy atom. The Labute approximate surface area is 154 Å². The van der Waals surface area contributed by atoms with Crippen molar-refractivity contribution in [1.82, 2.24) is 15.5 Å². The average Bonchev–Trinajstić information content (AvgIpc) is 2.61. The molecule has 0 aromatic heterocycles. The summed E-state index contributed by atoms with van der Waals surface area (Å²) in [4.78, 5) is 2.31. The first kappa shape index (κ1) is 17.7. The van der Waals surface area contributed by atoms with Crippen LogP contribution in [0.3, 0.4) is 0 Å². The minimum absolute atomic E-state index is 0.340. The van der Waals surface area contributed by atoms with Gasteiger partial charge in [-0.1, -0.05) is 36.4 Å². The van der Waals surface area contributed by atoms with E-state index in [0.717, 1.165) is 32.5 Å². The van der Waals surface area contributed by atoms with Crippen LogP contribution in [0.5, 0.6) is 5.75 Å². The predicted octanol–water partition coefficient (Wildman–Crippen LogP) is 2.46. The molecule has 25 heavy (non-hydrogen) atoms. The van der Waals surface area contributed by atoms with Gasteiger partial charge < -0.3 is 15.7 Å². The highest BCUT2D eigenvalue weighted by molar-refractivity contribution is 7.80. The van der Waals surface area contributed by atoms with Crippen molar-refractivity contribution in [3.63, 3.8) is 0 Å². The molecule has 3 N–H and O–H groups in total. The van der Waals surface area contributed by atoms with Crippen LogP contribution < -0.4 is 10.6 Å². The molecule has 0 saturated carbocycles. The van der Waals surface area contributed by atoms with Gasteiger partial charge in [-0.2, -0.15) is 0 Å². The number of thiocarbonyl (C=S) groups is 1. The molecule has 2 aromatic carbocycles. The van der Waals surface area contributed by atoms with Gasteiger partial charge in [0.05, 0.1) is 0 Å². The van der Waals surface area contributed by atoms with Crippen molar-refractivity contribution in [2.45, 2.75) is 25.4 Å². The van der Waals surface area contributed by atoms with E-state index in [0.29, 0.717) is 16.9 Å². The van der Waals surface area contributed by atoms with Crippen LogP contribution in [0.15, 0.2) is 48.5 Å². The quantitative estimate of drug-likeness (QED) is 0.719. The molecule has 5 heteroatoms. The summed E-state index contributed by atoms with van der Waals surface area (Å²) >= 11 is 5.40. The number of phenols is 1. The third kappa shape index (κ3) is 4.94. The summed E-state index contributed by atoms with van der Waals surface area (Å²) in [5, 5.41) is 17.0. The number of aromatic hydroxyl groups is 1. The molecule has 1 unspecified atom stereocenters. The van der Waals surface area contributed by atoms with Crippen LogP contribution in [0.1, 0.15) is 16.7 Å². The first-order valence-electron chi connectivity index (χ1n) is 8.68. The summed E-state index contributed by atoms with van der Waals surface area (Å²) < 4.78 is 0.